The third-order valence-electron chi connectivity index (χ3n) is 4.80. The van der Waals surface area contributed by atoms with Crippen molar-refractivity contribution in [1.29, 1.82) is 0 Å². The van der Waals surface area contributed by atoms with Crippen LogP contribution in [0.5, 0.6) is 5.75 Å². The minimum Gasteiger partial charge on any atom is -0.497 e. The van der Waals surface area contributed by atoms with Gasteiger partial charge < -0.3 is 14.6 Å². The zero-order valence-corrected chi connectivity index (χ0v) is 18.8. The fraction of sp³-hybridized carbons (Fsp3) is 0.348. The highest BCUT2D eigenvalue weighted by molar-refractivity contribution is 7.99. The standard InChI is InChI=1S/C23H28N4O2S/c1-5-6-13-27-22(18-9-11-19(29-4)12-10-18)25-26-23(27)30-15-21(28)24-20-14-16(2)7-8-17(20)3/h7-12,14H,5-6,13,15H2,1-4H3,(H,24,28). The lowest BCUT2D eigenvalue weighted by atomic mass is 10.1. The van der Waals surface area contributed by atoms with E-state index in [2.05, 4.69) is 27.0 Å². The zero-order valence-electron chi connectivity index (χ0n) is 17.9. The summed E-state index contributed by atoms with van der Waals surface area (Å²) in [5.74, 6) is 1.84. The van der Waals surface area contributed by atoms with E-state index in [0.717, 1.165) is 58.5 Å². The van der Waals surface area contributed by atoms with E-state index in [1.165, 1.54) is 11.8 Å². The van der Waals surface area contributed by atoms with Crippen LogP contribution in [0.15, 0.2) is 47.6 Å². The van der Waals surface area contributed by atoms with Crippen LogP contribution >= 0.6 is 11.8 Å². The molecule has 0 fully saturated rings. The Bertz CT molecular complexity index is 999. The average molecular weight is 425 g/mol. The Hall–Kier alpha value is -2.80. The summed E-state index contributed by atoms with van der Waals surface area (Å²) >= 11 is 1.41. The Balaban J connectivity index is 1.73. The van der Waals surface area contributed by atoms with Crippen molar-refractivity contribution in [1.82, 2.24) is 14.8 Å². The number of rotatable bonds is 9. The van der Waals surface area contributed by atoms with Crippen LogP contribution in [-0.2, 0) is 11.3 Å². The lowest BCUT2D eigenvalue weighted by Crippen LogP contribution is -2.15. The highest BCUT2D eigenvalue weighted by Gasteiger charge is 2.16. The van der Waals surface area contributed by atoms with Crippen LogP contribution in [0.1, 0.15) is 30.9 Å². The van der Waals surface area contributed by atoms with Crippen LogP contribution in [0.4, 0.5) is 5.69 Å². The summed E-state index contributed by atoms with van der Waals surface area (Å²) in [5, 5.41) is 12.5. The lowest BCUT2D eigenvalue weighted by molar-refractivity contribution is -0.113. The first kappa shape index (κ1) is 21.9. The Morgan fingerprint density at radius 3 is 2.60 bits per heavy atom. The van der Waals surface area contributed by atoms with Gasteiger partial charge in [0.15, 0.2) is 11.0 Å². The van der Waals surface area contributed by atoms with E-state index in [9.17, 15) is 4.79 Å². The molecule has 0 atom stereocenters. The van der Waals surface area contributed by atoms with Crippen molar-refractivity contribution in [2.75, 3.05) is 18.2 Å². The second-order valence-corrected chi connectivity index (χ2v) is 8.14. The molecule has 0 saturated heterocycles. The second kappa shape index (κ2) is 10.3. The van der Waals surface area contributed by atoms with E-state index in [0.29, 0.717) is 0 Å². The molecule has 0 radical (unpaired) electrons. The summed E-state index contributed by atoms with van der Waals surface area (Å²) in [6, 6.07) is 13.8. The topological polar surface area (TPSA) is 69.0 Å². The number of unbranched alkanes of at least 4 members (excludes halogenated alkanes) is 1. The summed E-state index contributed by atoms with van der Waals surface area (Å²) in [5.41, 5.74) is 4.00. The number of aryl methyl sites for hydroxylation is 2. The molecule has 1 N–H and O–H groups in total. The lowest BCUT2D eigenvalue weighted by Gasteiger charge is -2.11. The molecule has 3 rings (SSSR count). The predicted molar refractivity (Wildman–Crippen MR) is 122 cm³/mol. The van der Waals surface area contributed by atoms with E-state index < -0.39 is 0 Å². The number of carbonyl (C=O) groups is 1. The molecule has 0 unspecified atom stereocenters. The molecule has 0 aliphatic carbocycles. The fourth-order valence-electron chi connectivity index (χ4n) is 3.05. The molecule has 0 aliphatic rings. The van der Waals surface area contributed by atoms with Crippen LogP contribution in [0.2, 0.25) is 0 Å². The van der Waals surface area contributed by atoms with Crippen molar-refractivity contribution < 1.29 is 9.53 Å². The third-order valence-corrected chi connectivity index (χ3v) is 5.77. The van der Waals surface area contributed by atoms with Gasteiger partial charge in [0, 0.05) is 17.8 Å². The normalized spacial score (nSPS) is 10.8. The molecular weight excluding hydrogens is 396 g/mol. The maximum Gasteiger partial charge on any atom is 0.234 e. The highest BCUT2D eigenvalue weighted by Crippen LogP contribution is 2.26. The van der Waals surface area contributed by atoms with E-state index in [1.54, 1.807) is 7.11 Å². The van der Waals surface area contributed by atoms with Gasteiger partial charge >= 0.3 is 0 Å². The van der Waals surface area contributed by atoms with Gasteiger partial charge in [-0.05, 0) is 61.7 Å². The number of nitrogens with zero attached hydrogens (tertiary/aromatic N) is 3. The molecule has 1 heterocycles. The molecule has 7 heteroatoms. The van der Waals surface area contributed by atoms with Crippen LogP contribution in [0.25, 0.3) is 11.4 Å². The first-order valence-corrected chi connectivity index (χ1v) is 11.1. The maximum absolute atomic E-state index is 12.5. The van der Waals surface area contributed by atoms with Gasteiger partial charge in [-0.25, -0.2) is 0 Å². The Kier molecular flexibility index (Phi) is 7.52. The van der Waals surface area contributed by atoms with Crippen molar-refractivity contribution >= 4 is 23.4 Å². The first-order valence-electron chi connectivity index (χ1n) is 10.1. The van der Waals surface area contributed by atoms with Gasteiger partial charge in [-0.1, -0.05) is 37.2 Å². The molecule has 0 bridgehead atoms. The number of hydrogen-bond donors (Lipinski definition) is 1. The Labute approximate surface area is 182 Å². The van der Waals surface area contributed by atoms with Gasteiger partial charge in [0.25, 0.3) is 0 Å². The minimum atomic E-state index is -0.0512. The van der Waals surface area contributed by atoms with Crippen LogP contribution in [0.3, 0.4) is 0 Å². The quantitative estimate of drug-likeness (QED) is 0.484. The molecule has 6 nitrogen and oxygen atoms in total. The van der Waals surface area contributed by atoms with Crippen molar-refractivity contribution in [2.24, 2.45) is 0 Å². The molecule has 0 saturated carbocycles. The molecule has 3 aromatic rings. The number of hydrogen-bond acceptors (Lipinski definition) is 5. The summed E-state index contributed by atoms with van der Waals surface area (Å²) in [6.45, 7) is 6.97. The molecule has 158 valence electrons. The van der Waals surface area contributed by atoms with Crippen LogP contribution in [-0.4, -0.2) is 33.5 Å². The molecule has 0 aliphatic heterocycles. The van der Waals surface area contributed by atoms with Gasteiger partial charge in [-0.3, -0.25) is 4.79 Å². The minimum absolute atomic E-state index is 0.0512. The molecule has 2 aromatic carbocycles. The summed E-state index contributed by atoms with van der Waals surface area (Å²) in [6.07, 6.45) is 2.08. The molecule has 1 aromatic heterocycles. The number of benzene rings is 2. The van der Waals surface area contributed by atoms with Crippen molar-refractivity contribution in [3.05, 3.63) is 53.6 Å². The predicted octanol–water partition coefficient (Wildman–Crippen LogP) is 5.10. The average Bonchev–Trinajstić information content (AvgIpc) is 3.16. The van der Waals surface area contributed by atoms with Gasteiger partial charge in [0.2, 0.25) is 5.91 Å². The van der Waals surface area contributed by atoms with Gasteiger partial charge in [-0.15, -0.1) is 10.2 Å². The molecule has 1 amide bonds. The molecular formula is C23H28N4O2S. The number of aromatic nitrogens is 3. The monoisotopic (exact) mass is 424 g/mol. The summed E-state index contributed by atoms with van der Waals surface area (Å²) in [7, 11) is 1.65. The Morgan fingerprint density at radius 2 is 1.90 bits per heavy atom. The number of nitrogens with one attached hydrogen (secondary N) is 1. The van der Waals surface area contributed by atoms with Crippen molar-refractivity contribution in [3.63, 3.8) is 0 Å². The summed E-state index contributed by atoms with van der Waals surface area (Å²) in [4.78, 5) is 12.5. The number of thioether (sulfide) groups is 1. The van der Waals surface area contributed by atoms with E-state index in [1.807, 2.05) is 56.3 Å². The number of ether oxygens (including phenoxy) is 1. The van der Waals surface area contributed by atoms with Crippen molar-refractivity contribution in [3.8, 4) is 17.1 Å². The van der Waals surface area contributed by atoms with Gasteiger partial charge in [0.1, 0.15) is 5.75 Å². The second-order valence-electron chi connectivity index (χ2n) is 7.20. The third kappa shape index (κ3) is 5.42. The van der Waals surface area contributed by atoms with E-state index >= 15 is 0 Å². The SMILES string of the molecule is CCCCn1c(SCC(=O)Nc2cc(C)ccc2C)nnc1-c1ccc(OC)cc1. The van der Waals surface area contributed by atoms with E-state index in [-0.39, 0.29) is 11.7 Å². The van der Waals surface area contributed by atoms with Gasteiger partial charge in [-0.2, -0.15) is 0 Å². The molecule has 30 heavy (non-hydrogen) atoms. The van der Waals surface area contributed by atoms with Gasteiger partial charge in [0.05, 0.1) is 12.9 Å². The van der Waals surface area contributed by atoms with Crippen LogP contribution < -0.4 is 10.1 Å². The van der Waals surface area contributed by atoms with Crippen molar-refractivity contribution in [2.45, 2.75) is 45.3 Å². The van der Waals surface area contributed by atoms with E-state index in [4.69, 9.17) is 4.74 Å². The number of methoxy groups -OCH3 is 1. The maximum atomic E-state index is 12.5. The Morgan fingerprint density at radius 1 is 1.13 bits per heavy atom. The zero-order chi connectivity index (χ0) is 21.5. The number of anilines is 1. The smallest absolute Gasteiger partial charge is 0.234 e. The summed E-state index contributed by atoms with van der Waals surface area (Å²) < 4.78 is 7.34. The fourth-order valence-corrected chi connectivity index (χ4v) is 3.82. The number of carbonyl (C=O) groups excluding carboxylic acids is 1. The number of amides is 1. The first-order chi connectivity index (χ1) is 14.5. The highest BCUT2D eigenvalue weighted by atomic mass is 32.2. The molecule has 0 spiro atoms. The van der Waals surface area contributed by atoms with Crippen LogP contribution in [0, 0.1) is 13.8 Å². The largest absolute Gasteiger partial charge is 0.497 e.